The molecule has 1 aromatic carbocycles. The van der Waals surface area contributed by atoms with Crippen LogP contribution in [0.5, 0.6) is 11.5 Å². The quantitative estimate of drug-likeness (QED) is 0.528. The SMILES string of the molecule is COc1cccc(CNCCCN=C2C=CNC3=CC=C(CC(C)C)C=CC32)c1O. The molecule has 0 radical (unpaired) electrons. The van der Waals surface area contributed by atoms with Gasteiger partial charge in [-0.25, -0.2) is 0 Å². The number of hydrogen-bond acceptors (Lipinski definition) is 5. The van der Waals surface area contributed by atoms with Gasteiger partial charge in [0.05, 0.1) is 13.0 Å². The lowest BCUT2D eigenvalue weighted by atomic mass is 9.95. The third kappa shape index (κ3) is 5.86. The summed E-state index contributed by atoms with van der Waals surface area (Å²) in [6.07, 6.45) is 15.0. The van der Waals surface area contributed by atoms with Crippen LogP contribution in [0.25, 0.3) is 0 Å². The molecule has 1 aliphatic heterocycles. The highest BCUT2D eigenvalue weighted by Crippen LogP contribution is 2.29. The van der Waals surface area contributed by atoms with Crippen molar-refractivity contribution in [2.45, 2.75) is 33.2 Å². The summed E-state index contributed by atoms with van der Waals surface area (Å²) in [4.78, 5) is 4.85. The van der Waals surface area contributed by atoms with Gasteiger partial charge in [0, 0.05) is 36.3 Å². The number of hydrogen-bond donors (Lipinski definition) is 3. The summed E-state index contributed by atoms with van der Waals surface area (Å²) in [6.45, 7) is 6.69. The molecule has 160 valence electrons. The van der Waals surface area contributed by atoms with E-state index in [0.29, 0.717) is 18.2 Å². The van der Waals surface area contributed by atoms with E-state index in [1.165, 1.54) is 11.3 Å². The number of rotatable bonds is 9. The standard InChI is InChI=1S/C25H33N3O2/c1-18(2)16-19-8-10-21-22(11-9-19)28-15-12-23(21)27-14-5-13-26-17-20-6-4-7-24(30-3)25(20)29/h4,6-12,15,18,21,26,28-29H,5,13-14,16-17H2,1-3H3. The van der Waals surface area contributed by atoms with E-state index < -0.39 is 0 Å². The second kappa shape index (κ2) is 10.8. The number of aliphatic imine (C=N–C) groups is 1. The number of phenolic OH excluding ortho intramolecular Hbond substituents is 1. The van der Waals surface area contributed by atoms with Crippen LogP contribution in [0, 0.1) is 11.8 Å². The molecule has 1 unspecified atom stereocenters. The van der Waals surface area contributed by atoms with E-state index >= 15 is 0 Å². The van der Waals surface area contributed by atoms with Gasteiger partial charge in [-0.05, 0) is 49.1 Å². The summed E-state index contributed by atoms with van der Waals surface area (Å²) >= 11 is 0. The van der Waals surface area contributed by atoms with Crippen LogP contribution in [0.1, 0.15) is 32.3 Å². The largest absolute Gasteiger partial charge is 0.504 e. The summed E-state index contributed by atoms with van der Waals surface area (Å²) in [6, 6.07) is 5.55. The summed E-state index contributed by atoms with van der Waals surface area (Å²) < 4.78 is 5.15. The lowest BCUT2D eigenvalue weighted by Crippen LogP contribution is -2.26. The van der Waals surface area contributed by atoms with Crippen molar-refractivity contribution in [1.29, 1.82) is 0 Å². The number of fused-ring (bicyclic) bond motifs is 1. The van der Waals surface area contributed by atoms with Gasteiger partial charge in [-0.3, -0.25) is 4.99 Å². The van der Waals surface area contributed by atoms with Crippen molar-refractivity contribution >= 4 is 5.71 Å². The highest BCUT2D eigenvalue weighted by Gasteiger charge is 2.20. The van der Waals surface area contributed by atoms with Crippen LogP contribution in [0.15, 0.2) is 71.0 Å². The molecule has 1 atom stereocenters. The summed E-state index contributed by atoms with van der Waals surface area (Å²) in [5.41, 5.74) is 4.47. The molecule has 0 spiro atoms. The average Bonchev–Trinajstić information content (AvgIpc) is 2.94. The van der Waals surface area contributed by atoms with E-state index in [0.717, 1.165) is 37.2 Å². The zero-order chi connectivity index (χ0) is 21.3. The topological polar surface area (TPSA) is 65.9 Å². The minimum absolute atomic E-state index is 0.192. The van der Waals surface area contributed by atoms with Crippen molar-refractivity contribution in [2.75, 3.05) is 20.2 Å². The smallest absolute Gasteiger partial charge is 0.162 e. The van der Waals surface area contributed by atoms with Gasteiger partial charge in [0.2, 0.25) is 0 Å². The van der Waals surface area contributed by atoms with Crippen molar-refractivity contribution in [2.24, 2.45) is 16.8 Å². The summed E-state index contributed by atoms with van der Waals surface area (Å²) in [5.74, 6) is 1.55. The van der Waals surface area contributed by atoms with Gasteiger partial charge >= 0.3 is 0 Å². The monoisotopic (exact) mass is 407 g/mol. The fourth-order valence-electron chi connectivity index (χ4n) is 3.67. The first-order valence-corrected chi connectivity index (χ1v) is 10.7. The summed E-state index contributed by atoms with van der Waals surface area (Å²) in [5, 5.41) is 16.9. The van der Waals surface area contributed by atoms with Crippen LogP contribution in [0.4, 0.5) is 0 Å². The normalized spacial score (nSPS) is 19.2. The van der Waals surface area contributed by atoms with Crippen LogP contribution in [0.2, 0.25) is 0 Å². The summed E-state index contributed by atoms with van der Waals surface area (Å²) in [7, 11) is 1.56. The van der Waals surface area contributed by atoms with E-state index in [4.69, 9.17) is 9.73 Å². The molecule has 1 aliphatic carbocycles. The van der Waals surface area contributed by atoms with E-state index in [1.54, 1.807) is 13.2 Å². The second-order valence-corrected chi connectivity index (χ2v) is 8.08. The molecule has 0 saturated heterocycles. The zero-order valence-corrected chi connectivity index (χ0v) is 18.2. The Balaban J connectivity index is 1.49. The third-order valence-corrected chi connectivity index (χ3v) is 5.21. The highest BCUT2D eigenvalue weighted by atomic mass is 16.5. The van der Waals surface area contributed by atoms with Gasteiger partial charge in [-0.15, -0.1) is 0 Å². The minimum Gasteiger partial charge on any atom is -0.504 e. The predicted octanol–water partition coefficient (Wildman–Crippen LogP) is 4.48. The first kappa shape index (κ1) is 21.9. The Hall–Kier alpha value is -2.79. The minimum atomic E-state index is 0.192. The molecule has 0 fully saturated rings. The molecular formula is C25H33N3O2. The van der Waals surface area contributed by atoms with Crippen LogP contribution in [-0.4, -0.2) is 31.0 Å². The molecule has 0 saturated carbocycles. The van der Waals surface area contributed by atoms with Crippen LogP contribution >= 0.6 is 0 Å². The van der Waals surface area contributed by atoms with E-state index in [9.17, 15) is 5.11 Å². The molecular weight excluding hydrogens is 374 g/mol. The van der Waals surface area contributed by atoms with Crippen molar-refractivity contribution in [1.82, 2.24) is 10.6 Å². The maximum atomic E-state index is 10.1. The van der Waals surface area contributed by atoms with Crippen LogP contribution in [0.3, 0.4) is 0 Å². The van der Waals surface area contributed by atoms with Crippen LogP contribution in [-0.2, 0) is 6.54 Å². The Labute approximate surface area is 179 Å². The fraction of sp³-hybridized carbons (Fsp3) is 0.400. The molecule has 30 heavy (non-hydrogen) atoms. The molecule has 0 bridgehead atoms. The first-order valence-electron chi connectivity index (χ1n) is 10.7. The Bertz CT molecular complexity index is 878. The molecule has 5 heteroatoms. The molecule has 2 aliphatic rings. The molecule has 0 aromatic heterocycles. The molecule has 0 amide bonds. The Morgan fingerprint density at radius 2 is 2.10 bits per heavy atom. The third-order valence-electron chi connectivity index (χ3n) is 5.21. The maximum absolute atomic E-state index is 10.1. The lowest BCUT2D eigenvalue weighted by molar-refractivity contribution is 0.369. The van der Waals surface area contributed by atoms with Crippen molar-refractivity contribution in [3.8, 4) is 11.5 Å². The lowest BCUT2D eigenvalue weighted by Gasteiger charge is -2.21. The number of methoxy groups -OCH3 is 1. The van der Waals surface area contributed by atoms with E-state index in [2.05, 4.69) is 54.9 Å². The molecule has 1 heterocycles. The van der Waals surface area contributed by atoms with Gasteiger partial charge in [0.15, 0.2) is 11.5 Å². The first-order chi connectivity index (χ1) is 14.6. The molecule has 3 rings (SSSR count). The Kier molecular flexibility index (Phi) is 7.91. The molecule has 5 nitrogen and oxygen atoms in total. The van der Waals surface area contributed by atoms with Gasteiger partial charge in [0.1, 0.15) is 0 Å². The maximum Gasteiger partial charge on any atom is 0.162 e. The number of aromatic hydroxyl groups is 1. The van der Waals surface area contributed by atoms with Crippen molar-refractivity contribution in [3.05, 3.63) is 71.6 Å². The van der Waals surface area contributed by atoms with Crippen molar-refractivity contribution < 1.29 is 9.84 Å². The Morgan fingerprint density at radius 1 is 1.23 bits per heavy atom. The Morgan fingerprint density at radius 3 is 2.90 bits per heavy atom. The van der Waals surface area contributed by atoms with Crippen LogP contribution < -0.4 is 15.4 Å². The van der Waals surface area contributed by atoms with Gasteiger partial charge in [-0.1, -0.05) is 44.2 Å². The number of para-hydroxylation sites is 1. The fourth-order valence-corrected chi connectivity index (χ4v) is 3.67. The van der Waals surface area contributed by atoms with E-state index in [-0.39, 0.29) is 11.7 Å². The highest BCUT2D eigenvalue weighted by molar-refractivity contribution is 6.01. The number of allylic oxidation sites excluding steroid dienone is 6. The second-order valence-electron chi connectivity index (χ2n) is 8.08. The van der Waals surface area contributed by atoms with Crippen molar-refractivity contribution in [3.63, 3.8) is 0 Å². The zero-order valence-electron chi connectivity index (χ0n) is 18.2. The average molecular weight is 408 g/mol. The molecule has 3 N–H and O–H groups in total. The molecule has 1 aromatic rings. The predicted molar refractivity (Wildman–Crippen MR) is 124 cm³/mol. The number of benzene rings is 1. The van der Waals surface area contributed by atoms with Gasteiger partial charge < -0.3 is 20.5 Å². The number of nitrogens with one attached hydrogen (secondary N) is 2. The number of nitrogens with zero attached hydrogens (tertiary/aromatic N) is 1. The van der Waals surface area contributed by atoms with Gasteiger partial charge in [0.25, 0.3) is 0 Å². The number of phenols is 1. The van der Waals surface area contributed by atoms with Gasteiger partial charge in [-0.2, -0.15) is 0 Å². The number of ether oxygens (including phenoxy) is 1. The van der Waals surface area contributed by atoms with E-state index in [1.807, 2.05) is 18.3 Å².